The molecule has 1 atom stereocenters. The Hall–Kier alpha value is -1.89. The van der Waals surface area contributed by atoms with Gasteiger partial charge in [0.15, 0.2) is 0 Å². The zero-order valence-electron chi connectivity index (χ0n) is 15.8. The maximum atomic E-state index is 11.9. The number of hydrogen-bond donors (Lipinski definition) is 1. The lowest BCUT2D eigenvalue weighted by molar-refractivity contribution is -0.142. The lowest BCUT2D eigenvalue weighted by Gasteiger charge is -2.22. The van der Waals surface area contributed by atoms with Crippen molar-refractivity contribution in [1.29, 1.82) is 0 Å². The van der Waals surface area contributed by atoms with Gasteiger partial charge < -0.3 is 19.7 Å². The first-order chi connectivity index (χ1) is 11.6. The summed E-state index contributed by atoms with van der Waals surface area (Å²) in [6.45, 7) is 5.31. The van der Waals surface area contributed by atoms with Crippen LogP contribution in [0.1, 0.15) is 26.3 Å². The minimum Gasteiger partial charge on any atom is -0.467 e. The second-order valence-corrected chi connectivity index (χ2v) is 7.83. The molecular weight excluding hydrogens is 340 g/mol. The Balaban J connectivity index is 2.55. The van der Waals surface area contributed by atoms with E-state index in [0.29, 0.717) is 5.75 Å². The number of carbonyl (C=O) groups excluding carboxylic acids is 2. The van der Waals surface area contributed by atoms with Gasteiger partial charge in [0, 0.05) is 31.3 Å². The second-order valence-electron chi connectivity index (χ2n) is 6.80. The number of nitrogens with one attached hydrogen (secondary N) is 1. The third-order valence-corrected chi connectivity index (χ3v) is 4.29. The van der Waals surface area contributed by atoms with Crippen LogP contribution < -0.4 is 10.2 Å². The van der Waals surface area contributed by atoms with Crippen LogP contribution in [0.4, 0.5) is 10.5 Å². The van der Waals surface area contributed by atoms with Crippen molar-refractivity contribution < 1.29 is 19.1 Å². The third-order valence-electron chi connectivity index (χ3n) is 3.18. The number of anilines is 1. The molecule has 0 spiro atoms. The molecule has 0 saturated heterocycles. The Morgan fingerprint density at radius 2 is 1.80 bits per heavy atom. The number of thioether (sulfide) groups is 1. The summed E-state index contributed by atoms with van der Waals surface area (Å²) in [4.78, 5) is 25.8. The number of hydrogen-bond acceptors (Lipinski definition) is 6. The quantitative estimate of drug-likeness (QED) is 0.746. The van der Waals surface area contributed by atoms with E-state index in [1.807, 2.05) is 31.1 Å². The minimum atomic E-state index is -0.745. The number of amides is 1. The maximum Gasteiger partial charge on any atom is 0.408 e. The summed E-state index contributed by atoms with van der Waals surface area (Å²) < 4.78 is 9.95. The molecule has 1 rings (SSSR count). The first kappa shape index (κ1) is 21.2. The molecule has 1 aromatic carbocycles. The number of ether oxygens (including phenoxy) is 2. The summed E-state index contributed by atoms with van der Waals surface area (Å²) in [7, 11) is 5.29. The van der Waals surface area contributed by atoms with Crippen LogP contribution in [0.5, 0.6) is 0 Å². The van der Waals surface area contributed by atoms with E-state index < -0.39 is 23.7 Å². The summed E-state index contributed by atoms with van der Waals surface area (Å²) >= 11 is 1.55. The second kappa shape index (κ2) is 9.56. The molecule has 1 amide bonds. The van der Waals surface area contributed by atoms with Crippen LogP contribution in [-0.2, 0) is 20.0 Å². The van der Waals surface area contributed by atoms with Crippen molar-refractivity contribution in [2.45, 2.75) is 38.2 Å². The number of nitrogens with zero attached hydrogens (tertiary/aromatic N) is 1. The van der Waals surface area contributed by atoms with E-state index in [4.69, 9.17) is 9.47 Å². The van der Waals surface area contributed by atoms with E-state index in [9.17, 15) is 9.59 Å². The number of benzene rings is 1. The van der Waals surface area contributed by atoms with E-state index in [1.54, 1.807) is 32.5 Å². The van der Waals surface area contributed by atoms with Crippen molar-refractivity contribution in [3.8, 4) is 0 Å². The predicted octanol–water partition coefficient (Wildman–Crippen LogP) is 3.05. The van der Waals surface area contributed by atoms with Gasteiger partial charge in [-0.3, -0.25) is 0 Å². The third kappa shape index (κ3) is 8.16. The van der Waals surface area contributed by atoms with Crippen LogP contribution in [0.25, 0.3) is 0 Å². The highest BCUT2D eigenvalue weighted by molar-refractivity contribution is 7.98. The largest absolute Gasteiger partial charge is 0.467 e. The molecule has 0 aliphatic carbocycles. The zero-order valence-corrected chi connectivity index (χ0v) is 16.6. The Kier molecular flexibility index (Phi) is 8.09. The molecule has 0 bridgehead atoms. The molecule has 0 unspecified atom stereocenters. The molecule has 0 saturated carbocycles. The average molecular weight is 368 g/mol. The summed E-state index contributed by atoms with van der Waals surface area (Å²) in [5.41, 5.74) is 1.66. The van der Waals surface area contributed by atoms with Crippen molar-refractivity contribution in [3.63, 3.8) is 0 Å². The lowest BCUT2D eigenvalue weighted by Crippen LogP contribution is -2.45. The number of methoxy groups -OCH3 is 1. The topological polar surface area (TPSA) is 67.9 Å². The van der Waals surface area contributed by atoms with E-state index in [0.717, 1.165) is 17.0 Å². The van der Waals surface area contributed by atoms with Crippen LogP contribution >= 0.6 is 11.8 Å². The smallest absolute Gasteiger partial charge is 0.408 e. The van der Waals surface area contributed by atoms with E-state index >= 15 is 0 Å². The van der Waals surface area contributed by atoms with Crippen molar-refractivity contribution in [2.75, 3.05) is 31.9 Å². The first-order valence-electron chi connectivity index (χ1n) is 8.03. The van der Waals surface area contributed by atoms with Crippen molar-refractivity contribution in [3.05, 3.63) is 29.8 Å². The van der Waals surface area contributed by atoms with Crippen LogP contribution in [0, 0.1) is 0 Å². The Bertz CT molecular complexity index is 567. The summed E-state index contributed by atoms with van der Waals surface area (Å²) in [6, 6.07) is 7.46. The van der Waals surface area contributed by atoms with E-state index in [1.165, 1.54) is 7.11 Å². The Morgan fingerprint density at radius 1 is 1.20 bits per heavy atom. The zero-order chi connectivity index (χ0) is 19.0. The van der Waals surface area contributed by atoms with Gasteiger partial charge in [-0.05, 0) is 38.5 Å². The molecule has 0 aliphatic rings. The van der Waals surface area contributed by atoms with Crippen molar-refractivity contribution in [1.82, 2.24) is 5.32 Å². The molecule has 0 aromatic heterocycles. The number of carbonyl (C=O) groups is 2. The highest BCUT2D eigenvalue weighted by Crippen LogP contribution is 2.18. The fourth-order valence-electron chi connectivity index (χ4n) is 1.95. The molecular formula is C18H28N2O4S. The first-order valence-corrected chi connectivity index (χ1v) is 9.19. The van der Waals surface area contributed by atoms with Crippen molar-refractivity contribution in [2.24, 2.45) is 0 Å². The van der Waals surface area contributed by atoms with Gasteiger partial charge in [0.2, 0.25) is 0 Å². The molecule has 0 radical (unpaired) electrons. The van der Waals surface area contributed by atoms with Gasteiger partial charge in [0.1, 0.15) is 11.6 Å². The number of alkyl carbamates (subject to hydrolysis) is 1. The minimum absolute atomic E-state index is 0.404. The average Bonchev–Trinajstić information content (AvgIpc) is 2.51. The number of esters is 1. The molecule has 25 heavy (non-hydrogen) atoms. The van der Waals surface area contributed by atoms with Crippen molar-refractivity contribution >= 4 is 29.5 Å². The predicted molar refractivity (Wildman–Crippen MR) is 102 cm³/mol. The number of rotatable bonds is 7. The maximum absolute atomic E-state index is 11.9. The SMILES string of the molecule is COC(=O)[C@H](CSCc1ccc(N(C)C)cc1)NC(=O)OC(C)(C)C. The summed E-state index contributed by atoms with van der Waals surface area (Å²) in [5.74, 6) is 0.653. The Morgan fingerprint density at radius 3 is 2.28 bits per heavy atom. The summed E-state index contributed by atoms with van der Waals surface area (Å²) in [5, 5.41) is 2.57. The molecule has 1 N–H and O–H groups in total. The van der Waals surface area contributed by atoms with Crippen LogP contribution in [0.3, 0.4) is 0 Å². The summed E-state index contributed by atoms with van der Waals surface area (Å²) in [6.07, 6.45) is -0.626. The van der Waals surface area contributed by atoms with Crippen LogP contribution in [0.2, 0.25) is 0 Å². The van der Waals surface area contributed by atoms with Gasteiger partial charge in [0.05, 0.1) is 7.11 Å². The van der Waals surface area contributed by atoms with Gasteiger partial charge in [-0.15, -0.1) is 0 Å². The van der Waals surface area contributed by atoms with Gasteiger partial charge in [-0.1, -0.05) is 12.1 Å². The van der Waals surface area contributed by atoms with E-state index in [2.05, 4.69) is 17.4 Å². The highest BCUT2D eigenvalue weighted by atomic mass is 32.2. The molecule has 0 fully saturated rings. The lowest BCUT2D eigenvalue weighted by atomic mass is 10.2. The molecule has 6 nitrogen and oxygen atoms in total. The van der Waals surface area contributed by atoms with Crippen LogP contribution in [0.15, 0.2) is 24.3 Å². The fraction of sp³-hybridized carbons (Fsp3) is 0.556. The molecule has 1 aromatic rings. The molecule has 140 valence electrons. The van der Waals surface area contributed by atoms with Gasteiger partial charge in [-0.25, -0.2) is 9.59 Å². The molecule has 7 heteroatoms. The van der Waals surface area contributed by atoms with Crippen LogP contribution in [-0.4, -0.2) is 50.7 Å². The Labute approximate surface area is 154 Å². The fourth-order valence-corrected chi connectivity index (χ4v) is 2.95. The monoisotopic (exact) mass is 368 g/mol. The van der Waals surface area contributed by atoms with Gasteiger partial charge in [-0.2, -0.15) is 11.8 Å². The highest BCUT2D eigenvalue weighted by Gasteiger charge is 2.24. The molecule has 0 aliphatic heterocycles. The van der Waals surface area contributed by atoms with E-state index in [-0.39, 0.29) is 0 Å². The normalized spacial score (nSPS) is 12.2. The van der Waals surface area contributed by atoms with Gasteiger partial charge in [0.25, 0.3) is 0 Å². The molecule has 0 heterocycles. The van der Waals surface area contributed by atoms with Gasteiger partial charge >= 0.3 is 12.1 Å². The standard InChI is InChI=1S/C18H28N2O4S/c1-18(2,3)24-17(22)19-15(16(21)23-6)12-25-11-13-7-9-14(10-8-13)20(4)5/h7-10,15H,11-12H2,1-6H3,(H,19,22)/t15-/m0/s1.